The third-order valence-electron chi connectivity index (χ3n) is 6.56. The van der Waals surface area contributed by atoms with Crippen LogP contribution >= 0.6 is 0 Å². The first-order valence-electron chi connectivity index (χ1n) is 11.3. The van der Waals surface area contributed by atoms with Crippen molar-refractivity contribution in [3.63, 3.8) is 0 Å². The maximum absolute atomic E-state index is 5.86. The molecule has 4 aromatic rings. The molecule has 6 nitrogen and oxygen atoms in total. The largest absolute Gasteiger partial charge is 0.399 e. The summed E-state index contributed by atoms with van der Waals surface area (Å²) in [6, 6.07) is 15.5. The number of benzene rings is 2. The van der Waals surface area contributed by atoms with E-state index in [-0.39, 0.29) is 0 Å². The first-order chi connectivity index (χ1) is 15.3. The fourth-order valence-corrected chi connectivity index (χ4v) is 4.85. The van der Waals surface area contributed by atoms with E-state index in [0.717, 1.165) is 30.8 Å². The third-order valence-corrected chi connectivity index (χ3v) is 6.56. The molecular weight excluding hydrogens is 384 g/mol. The molecule has 0 bridgehead atoms. The first-order valence-corrected chi connectivity index (χ1v) is 11.3. The lowest BCUT2D eigenvalue weighted by Gasteiger charge is -2.36. The normalized spacial score (nSPS) is 17.4. The van der Waals surface area contributed by atoms with Crippen LogP contribution in [0.2, 0.25) is 0 Å². The van der Waals surface area contributed by atoms with Crippen molar-refractivity contribution >= 4 is 16.6 Å². The monoisotopic (exact) mass is 414 g/mol. The summed E-state index contributed by atoms with van der Waals surface area (Å²) >= 11 is 0. The zero-order valence-electron chi connectivity index (χ0n) is 17.9. The minimum absolute atomic E-state index is 0.640. The Morgan fingerprint density at radius 1 is 1.03 bits per heavy atom. The minimum atomic E-state index is 0.640. The van der Waals surface area contributed by atoms with Crippen LogP contribution in [-0.4, -0.2) is 43.8 Å². The van der Waals surface area contributed by atoms with Crippen molar-refractivity contribution in [3.05, 3.63) is 72.4 Å². The fourth-order valence-electron chi connectivity index (χ4n) is 4.85. The molecule has 3 heterocycles. The number of hydrogen-bond donors (Lipinski definition) is 2. The Balaban J connectivity index is 1.23. The molecule has 0 saturated carbocycles. The Hall–Kier alpha value is -3.12. The van der Waals surface area contributed by atoms with Crippen LogP contribution < -0.4 is 5.73 Å². The van der Waals surface area contributed by atoms with Crippen LogP contribution in [-0.2, 0) is 12.8 Å². The number of nitrogens with zero attached hydrogens (tertiary/aromatic N) is 4. The number of H-pyrrole nitrogens is 1. The second kappa shape index (κ2) is 8.94. The van der Waals surface area contributed by atoms with Crippen LogP contribution in [0.25, 0.3) is 16.6 Å². The summed E-state index contributed by atoms with van der Waals surface area (Å²) in [5.41, 5.74) is 11.8. The van der Waals surface area contributed by atoms with Crippen molar-refractivity contribution in [2.24, 2.45) is 0 Å². The maximum atomic E-state index is 5.86. The summed E-state index contributed by atoms with van der Waals surface area (Å²) in [5, 5.41) is 9.14. The van der Waals surface area contributed by atoms with Crippen LogP contribution in [0, 0.1) is 0 Å². The molecule has 1 fully saturated rings. The molecule has 1 aliphatic heterocycles. The first kappa shape index (κ1) is 19.8. The summed E-state index contributed by atoms with van der Waals surface area (Å²) in [6.45, 7) is 2.36. The van der Waals surface area contributed by atoms with E-state index in [0.29, 0.717) is 6.04 Å². The Labute approximate surface area is 183 Å². The topological polar surface area (TPSA) is 75.8 Å². The second-order valence-corrected chi connectivity index (χ2v) is 8.65. The Kier molecular flexibility index (Phi) is 5.71. The number of nitrogen functional groups attached to an aromatic ring is 1. The molecule has 5 rings (SSSR count). The fraction of sp³-hybridized carbons (Fsp3) is 0.360. The lowest BCUT2D eigenvalue weighted by atomic mass is 9.95. The average molecular weight is 415 g/mol. The van der Waals surface area contributed by atoms with Crippen molar-refractivity contribution in [3.8, 4) is 5.69 Å². The molecule has 1 unspecified atom stereocenters. The van der Waals surface area contributed by atoms with Gasteiger partial charge >= 0.3 is 0 Å². The van der Waals surface area contributed by atoms with E-state index < -0.39 is 0 Å². The van der Waals surface area contributed by atoms with Gasteiger partial charge in [-0.15, -0.1) is 10.2 Å². The Bertz CT molecular complexity index is 1110. The maximum Gasteiger partial charge on any atom is 0.123 e. The summed E-state index contributed by atoms with van der Waals surface area (Å²) in [6.07, 6.45) is 13.0. The van der Waals surface area contributed by atoms with Crippen molar-refractivity contribution in [2.75, 3.05) is 18.8 Å². The number of aryl methyl sites for hydroxylation is 1. The lowest BCUT2D eigenvalue weighted by molar-refractivity contribution is 0.146. The zero-order valence-corrected chi connectivity index (χ0v) is 17.9. The van der Waals surface area contributed by atoms with Gasteiger partial charge in [-0.1, -0.05) is 18.6 Å². The molecule has 2 aromatic heterocycles. The van der Waals surface area contributed by atoms with Gasteiger partial charge in [0.15, 0.2) is 0 Å². The molecule has 31 heavy (non-hydrogen) atoms. The highest BCUT2D eigenvalue weighted by Gasteiger charge is 2.22. The minimum Gasteiger partial charge on any atom is -0.399 e. The number of hydrogen-bond acceptors (Lipinski definition) is 4. The van der Waals surface area contributed by atoms with E-state index in [1.165, 1.54) is 54.3 Å². The quantitative estimate of drug-likeness (QED) is 0.441. The van der Waals surface area contributed by atoms with Gasteiger partial charge in [-0.2, -0.15) is 0 Å². The lowest BCUT2D eigenvalue weighted by Crippen LogP contribution is -2.41. The number of rotatable bonds is 7. The van der Waals surface area contributed by atoms with Gasteiger partial charge in [-0.05, 0) is 86.7 Å². The highest BCUT2D eigenvalue weighted by Crippen LogP contribution is 2.25. The van der Waals surface area contributed by atoms with E-state index >= 15 is 0 Å². The standard InChI is InChI=1S/C25H30N6/c26-21-8-6-19(7-9-21)14-22-5-1-2-12-30(22)13-3-4-20-16-27-25-11-10-23(15-24(20)25)31-17-28-29-18-31/h6-11,15-18,22,27H,1-5,12-14,26H2. The van der Waals surface area contributed by atoms with Crippen molar-refractivity contribution in [1.82, 2.24) is 24.6 Å². The smallest absolute Gasteiger partial charge is 0.123 e. The van der Waals surface area contributed by atoms with Crippen molar-refractivity contribution < 1.29 is 0 Å². The number of nitrogens with two attached hydrogens (primary N) is 1. The SMILES string of the molecule is Nc1ccc(CC2CCCCN2CCCc2c[nH]c3ccc(-n4cnnc4)cc23)cc1. The number of fused-ring (bicyclic) bond motifs is 1. The molecule has 2 aromatic carbocycles. The van der Waals surface area contributed by atoms with Gasteiger partial charge in [-0.25, -0.2) is 0 Å². The van der Waals surface area contributed by atoms with Gasteiger partial charge in [0.05, 0.1) is 0 Å². The number of nitrogens with one attached hydrogen (secondary N) is 1. The summed E-state index contributed by atoms with van der Waals surface area (Å²) in [4.78, 5) is 6.14. The van der Waals surface area contributed by atoms with Gasteiger partial charge in [0.1, 0.15) is 12.7 Å². The van der Waals surface area contributed by atoms with Gasteiger partial charge in [-0.3, -0.25) is 4.57 Å². The van der Waals surface area contributed by atoms with E-state index in [2.05, 4.69) is 56.6 Å². The number of aromatic nitrogens is 4. The van der Waals surface area contributed by atoms with Gasteiger partial charge in [0.2, 0.25) is 0 Å². The highest BCUT2D eigenvalue weighted by atomic mass is 15.2. The van der Waals surface area contributed by atoms with Crippen LogP contribution in [0.15, 0.2) is 61.3 Å². The second-order valence-electron chi connectivity index (χ2n) is 8.65. The number of anilines is 1. The third kappa shape index (κ3) is 4.49. The van der Waals surface area contributed by atoms with E-state index in [4.69, 9.17) is 5.73 Å². The molecule has 3 N–H and O–H groups in total. The predicted molar refractivity (Wildman–Crippen MR) is 125 cm³/mol. The van der Waals surface area contributed by atoms with Crippen LogP contribution in [0.4, 0.5) is 5.69 Å². The Morgan fingerprint density at radius 2 is 1.87 bits per heavy atom. The molecule has 0 aliphatic carbocycles. The molecular formula is C25H30N6. The molecule has 160 valence electrons. The predicted octanol–water partition coefficient (Wildman–Crippen LogP) is 4.36. The number of piperidine rings is 1. The van der Waals surface area contributed by atoms with Crippen molar-refractivity contribution in [1.29, 1.82) is 0 Å². The number of likely N-dealkylation sites (tertiary alicyclic amines) is 1. The van der Waals surface area contributed by atoms with E-state index in [1.54, 1.807) is 12.7 Å². The Morgan fingerprint density at radius 3 is 2.71 bits per heavy atom. The molecule has 0 spiro atoms. The summed E-state index contributed by atoms with van der Waals surface area (Å²) < 4.78 is 1.95. The van der Waals surface area contributed by atoms with Gasteiger partial charge < -0.3 is 15.6 Å². The van der Waals surface area contributed by atoms with E-state index in [9.17, 15) is 0 Å². The zero-order chi connectivity index (χ0) is 21.0. The highest BCUT2D eigenvalue weighted by molar-refractivity contribution is 5.85. The molecule has 1 saturated heterocycles. The number of aromatic amines is 1. The molecule has 0 amide bonds. The van der Waals surface area contributed by atoms with E-state index in [1.807, 2.05) is 16.7 Å². The van der Waals surface area contributed by atoms with Gasteiger partial charge in [0.25, 0.3) is 0 Å². The van der Waals surface area contributed by atoms with Crippen LogP contribution in [0.1, 0.15) is 36.8 Å². The van der Waals surface area contributed by atoms with Gasteiger partial charge in [0, 0.05) is 34.5 Å². The molecule has 1 aliphatic rings. The van der Waals surface area contributed by atoms with Crippen LogP contribution in [0.5, 0.6) is 0 Å². The molecule has 0 radical (unpaired) electrons. The summed E-state index contributed by atoms with van der Waals surface area (Å²) in [7, 11) is 0. The molecule has 1 atom stereocenters. The van der Waals surface area contributed by atoms with Crippen molar-refractivity contribution in [2.45, 2.75) is 44.6 Å². The average Bonchev–Trinajstić information content (AvgIpc) is 3.47. The molecule has 6 heteroatoms. The summed E-state index contributed by atoms with van der Waals surface area (Å²) in [5.74, 6) is 0. The van der Waals surface area contributed by atoms with Crippen LogP contribution in [0.3, 0.4) is 0 Å².